The fraction of sp³-hybridized carbons (Fsp3) is 0.500. The number of carbonyl (C=O) groups is 1. The number of anilines is 1. The lowest BCUT2D eigenvalue weighted by atomic mass is 10.0. The van der Waals surface area contributed by atoms with E-state index in [9.17, 15) is 14.9 Å². The zero-order chi connectivity index (χ0) is 16.9. The summed E-state index contributed by atoms with van der Waals surface area (Å²) < 4.78 is 6.53. The molecule has 1 amide bonds. The van der Waals surface area contributed by atoms with Crippen molar-refractivity contribution >= 4 is 30.3 Å². The fourth-order valence-electron chi connectivity index (χ4n) is 2.09. The molecule has 0 radical (unpaired) electrons. The molecule has 8 heteroatoms. The number of hydrogen-bond donors (Lipinski definition) is 2. The molecule has 0 aromatic heterocycles. The Morgan fingerprint density at radius 3 is 2.68 bits per heavy atom. The summed E-state index contributed by atoms with van der Waals surface area (Å²) in [7, 11) is 0. The maximum absolute atomic E-state index is 11.1. The van der Waals surface area contributed by atoms with Gasteiger partial charge in [-0.1, -0.05) is 18.9 Å². The number of benzene rings is 1. The number of nitro benzene ring substituents is 1. The average Bonchev–Trinajstić information content (AvgIpc) is 2.36. The molecule has 0 spiro atoms. The van der Waals surface area contributed by atoms with Gasteiger partial charge >= 0.3 is 6.09 Å². The molecule has 1 aromatic carbocycles. The molecule has 7 nitrogen and oxygen atoms in total. The van der Waals surface area contributed by atoms with Gasteiger partial charge in [0.05, 0.1) is 4.92 Å². The van der Waals surface area contributed by atoms with Crippen LogP contribution >= 0.6 is 12.8 Å². The first-order valence-corrected chi connectivity index (χ1v) is 7.22. The van der Waals surface area contributed by atoms with Crippen LogP contribution in [0.25, 0.3) is 0 Å². The number of aryl methyl sites for hydroxylation is 1. The summed E-state index contributed by atoms with van der Waals surface area (Å²) in [5.74, 6) is 0. The van der Waals surface area contributed by atoms with E-state index in [0.717, 1.165) is 5.56 Å². The van der Waals surface area contributed by atoms with E-state index < -0.39 is 16.6 Å². The molecule has 0 saturated heterocycles. The molecule has 0 aliphatic rings. The van der Waals surface area contributed by atoms with E-state index in [4.69, 9.17) is 10.5 Å². The normalized spacial score (nSPS) is 11.1. The molecule has 22 heavy (non-hydrogen) atoms. The lowest BCUT2D eigenvalue weighted by molar-refractivity contribution is -0.384. The summed E-state index contributed by atoms with van der Waals surface area (Å²) in [6, 6.07) is 4.87. The van der Waals surface area contributed by atoms with Crippen LogP contribution < -0.4 is 10.0 Å². The van der Waals surface area contributed by atoms with Crippen molar-refractivity contribution in [3.05, 3.63) is 33.9 Å². The number of amides is 1. The molecular weight excluding hydrogens is 306 g/mol. The van der Waals surface area contributed by atoms with Crippen molar-refractivity contribution in [1.82, 2.24) is 0 Å². The third-order valence-electron chi connectivity index (χ3n) is 3.13. The smallest absolute Gasteiger partial charge is 0.405 e. The van der Waals surface area contributed by atoms with Gasteiger partial charge in [0.15, 0.2) is 0 Å². The molecule has 0 aliphatic carbocycles. The quantitative estimate of drug-likeness (QED) is 0.455. The second kappa shape index (κ2) is 7.35. The van der Waals surface area contributed by atoms with Crippen molar-refractivity contribution in [3.8, 4) is 0 Å². The Kier molecular flexibility index (Phi) is 6.04. The number of rotatable bonds is 7. The Labute approximate surface area is 135 Å². The number of nitrogens with two attached hydrogens (primary N) is 1. The molecule has 0 bridgehead atoms. The van der Waals surface area contributed by atoms with Gasteiger partial charge in [-0.05, 0) is 45.2 Å². The lowest BCUT2D eigenvalue weighted by Gasteiger charge is -2.25. The zero-order valence-electron chi connectivity index (χ0n) is 12.9. The van der Waals surface area contributed by atoms with Crippen LogP contribution in [0.3, 0.4) is 0 Å². The predicted molar refractivity (Wildman–Crippen MR) is 88.1 cm³/mol. The van der Waals surface area contributed by atoms with Crippen LogP contribution in [0.4, 0.5) is 16.2 Å². The van der Waals surface area contributed by atoms with Crippen LogP contribution in [-0.4, -0.2) is 23.2 Å². The van der Waals surface area contributed by atoms with E-state index in [1.54, 1.807) is 26.0 Å². The highest BCUT2D eigenvalue weighted by Crippen LogP contribution is 2.31. The van der Waals surface area contributed by atoms with Crippen molar-refractivity contribution in [2.45, 2.75) is 39.2 Å². The SMILES string of the molecule is Cc1ccc([N+](=O)[O-])c(N(S)CCCC(C)(C)OC(N)=O)c1. The van der Waals surface area contributed by atoms with Gasteiger partial charge in [0.2, 0.25) is 0 Å². The lowest BCUT2D eigenvalue weighted by Crippen LogP contribution is -2.31. The summed E-state index contributed by atoms with van der Waals surface area (Å²) in [5.41, 5.74) is 5.70. The zero-order valence-corrected chi connectivity index (χ0v) is 13.8. The number of ether oxygens (including phenoxy) is 1. The second-order valence-electron chi connectivity index (χ2n) is 5.66. The fourth-order valence-corrected chi connectivity index (χ4v) is 2.39. The highest BCUT2D eigenvalue weighted by molar-refractivity contribution is 7.81. The number of carbonyl (C=O) groups excluding carboxylic acids is 1. The minimum Gasteiger partial charge on any atom is -0.444 e. The molecule has 0 heterocycles. The van der Waals surface area contributed by atoms with Gasteiger partial charge in [-0.3, -0.25) is 10.1 Å². The summed E-state index contributed by atoms with van der Waals surface area (Å²) in [6.07, 6.45) is 0.378. The van der Waals surface area contributed by atoms with Gasteiger partial charge in [0, 0.05) is 12.6 Å². The van der Waals surface area contributed by atoms with Crippen molar-refractivity contribution in [3.63, 3.8) is 0 Å². The Morgan fingerprint density at radius 2 is 2.14 bits per heavy atom. The van der Waals surface area contributed by atoms with Crippen molar-refractivity contribution < 1.29 is 14.5 Å². The summed E-state index contributed by atoms with van der Waals surface area (Å²) >= 11 is 4.33. The van der Waals surface area contributed by atoms with Crippen LogP contribution in [0, 0.1) is 17.0 Å². The third kappa shape index (κ3) is 5.44. The molecule has 0 saturated carbocycles. The van der Waals surface area contributed by atoms with Crippen LogP contribution in [0.5, 0.6) is 0 Å². The molecule has 2 N–H and O–H groups in total. The molecular formula is C14H21N3O4S. The molecule has 0 fully saturated rings. The monoisotopic (exact) mass is 327 g/mol. The maximum Gasteiger partial charge on any atom is 0.405 e. The van der Waals surface area contributed by atoms with E-state index in [1.807, 2.05) is 6.92 Å². The van der Waals surface area contributed by atoms with E-state index in [2.05, 4.69) is 12.8 Å². The first-order valence-electron chi connectivity index (χ1n) is 6.82. The molecule has 1 rings (SSSR count). The minimum absolute atomic E-state index is 0.00764. The molecule has 1 aromatic rings. The van der Waals surface area contributed by atoms with Gasteiger partial charge in [0.25, 0.3) is 5.69 Å². The van der Waals surface area contributed by atoms with Crippen LogP contribution in [0.1, 0.15) is 32.3 Å². The first kappa shape index (κ1) is 18.1. The Balaban J connectivity index is 2.70. The number of nitro groups is 1. The Hall–Kier alpha value is -1.96. The van der Waals surface area contributed by atoms with Gasteiger partial charge < -0.3 is 14.8 Å². The minimum atomic E-state index is -0.818. The first-order chi connectivity index (χ1) is 10.1. The second-order valence-corrected chi connectivity index (χ2v) is 6.14. The molecule has 0 atom stereocenters. The van der Waals surface area contributed by atoms with Crippen molar-refractivity contribution in [1.29, 1.82) is 0 Å². The van der Waals surface area contributed by atoms with Crippen LogP contribution in [-0.2, 0) is 4.74 Å². The van der Waals surface area contributed by atoms with Gasteiger partial charge in [-0.25, -0.2) is 4.79 Å². The Morgan fingerprint density at radius 1 is 1.50 bits per heavy atom. The van der Waals surface area contributed by atoms with E-state index in [0.29, 0.717) is 25.1 Å². The molecule has 0 unspecified atom stereocenters. The topological polar surface area (TPSA) is 98.7 Å². The highest BCUT2D eigenvalue weighted by atomic mass is 32.1. The summed E-state index contributed by atoms with van der Waals surface area (Å²) in [6.45, 7) is 5.85. The van der Waals surface area contributed by atoms with Gasteiger partial charge in [-0.15, -0.1) is 0 Å². The predicted octanol–water partition coefficient (Wildman–Crippen LogP) is 3.21. The summed E-state index contributed by atoms with van der Waals surface area (Å²) in [4.78, 5) is 21.4. The van der Waals surface area contributed by atoms with Crippen molar-refractivity contribution in [2.24, 2.45) is 5.73 Å². The highest BCUT2D eigenvalue weighted by Gasteiger charge is 2.22. The van der Waals surface area contributed by atoms with Crippen LogP contribution in [0.2, 0.25) is 0 Å². The number of hydrogen-bond acceptors (Lipinski definition) is 6. The third-order valence-corrected chi connectivity index (χ3v) is 3.55. The van der Waals surface area contributed by atoms with Crippen molar-refractivity contribution in [2.75, 3.05) is 10.8 Å². The number of primary amides is 1. The number of nitrogens with zero attached hydrogens (tertiary/aromatic N) is 2. The number of thiol groups is 1. The maximum atomic E-state index is 11.1. The average molecular weight is 327 g/mol. The van der Waals surface area contributed by atoms with Gasteiger partial charge in [-0.2, -0.15) is 0 Å². The molecule has 122 valence electrons. The molecule has 0 aliphatic heterocycles. The summed E-state index contributed by atoms with van der Waals surface area (Å²) in [5, 5.41) is 11.1. The largest absolute Gasteiger partial charge is 0.444 e. The van der Waals surface area contributed by atoms with E-state index >= 15 is 0 Å². The Bertz CT molecular complexity index is 563. The van der Waals surface area contributed by atoms with E-state index in [1.165, 1.54) is 10.4 Å². The standard InChI is InChI=1S/C14H21N3O4S/c1-10-5-6-11(17(19)20)12(9-10)16(22)8-4-7-14(2,3)21-13(15)18/h5-6,9,22H,4,7-8H2,1-3H3,(H2,15,18). The van der Waals surface area contributed by atoms with Crippen LogP contribution in [0.15, 0.2) is 18.2 Å². The van der Waals surface area contributed by atoms with Gasteiger partial charge in [0.1, 0.15) is 11.3 Å². The van der Waals surface area contributed by atoms with E-state index in [-0.39, 0.29) is 5.69 Å².